The van der Waals surface area contributed by atoms with Gasteiger partial charge in [-0.05, 0) is 46.2 Å². The number of halogens is 6. The minimum absolute atomic E-state index is 0.0151. The zero-order valence-corrected chi connectivity index (χ0v) is 18.4. The predicted molar refractivity (Wildman–Crippen MR) is 123 cm³/mol. The summed E-state index contributed by atoms with van der Waals surface area (Å²) in [5, 5.41) is 5.32. The van der Waals surface area contributed by atoms with E-state index in [4.69, 9.17) is 6.42 Å². The molecule has 0 fully saturated rings. The SMILES string of the molecule is C#CCNC(=O)c1ccc(/C=C/C(=O)NC(c2cccc(C(F)(F)F)c2)C(F)(F)F)c2ccccc12. The molecule has 0 saturated carbocycles. The quantitative estimate of drug-likeness (QED) is 0.259. The first-order valence-corrected chi connectivity index (χ1v) is 10.4. The standard InChI is InChI=1S/C26H18F6N2O2/c1-2-14-33-24(36)21-12-10-16(19-8-3-4-9-20(19)21)11-13-22(35)34-23(26(30,31)32)17-6-5-7-18(15-17)25(27,28)29/h1,3-13,15,23H,14H2,(H,33,36)(H,34,35)/b13-11+. The average molecular weight is 504 g/mol. The molecule has 3 aromatic rings. The Morgan fingerprint density at radius 1 is 0.944 bits per heavy atom. The van der Waals surface area contributed by atoms with E-state index in [1.807, 2.05) is 0 Å². The first kappa shape index (κ1) is 26.3. The van der Waals surface area contributed by atoms with E-state index < -0.39 is 41.3 Å². The monoisotopic (exact) mass is 504 g/mol. The molecule has 1 atom stereocenters. The van der Waals surface area contributed by atoms with E-state index in [9.17, 15) is 35.9 Å². The third kappa shape index (κ3) is 6.24. The highest BCUT2D eigenvalue weighted by Gasteiger charge is 2.42. The molecule has 0 aliphatic heterocycles. The second-order valence-electron chi connectivity index (χ2n) is 7.57. The number of nitrogens with one attached hydrogen (secondary N) is 2. The van der Waals surface area contributed by atoms with E-state index in [1.54, 1.807) is 29.6 Å². The molecule has 0 radical (unpaired) electrons. The van der Waals surface area contributed by atoms with Crippen LogP contribution in [0.5, 0.6) is 0 Å². The van der Waals surface area contributed by atoms with Crippen molar-refractivity contribution in [3.05, 3.63) is 89.0 Å². The van der Waals surface area contributed by atoms with Gasteiger partial charge in [-0.3, -0.25) is 9.59 Å². The van der Waals surface area contributed by atoms with E-state index in [0.717, 1.165) is 18.2 Å². The Morgan fingerprint density at radius 3 is 2.28 bits per heavy atom. The molecule has 0 spiro atoms. The summed E-state index contributed by atoms with van der Waals surface area (Å²) in [4.78, 5) is 24.7. The highest BCUT2D eigenvalue weighted by atomic mass is 19.4. The number of alkyl halides is 6. The van der Waals surface area contributed by atoms with Crippen LogP contribution in [0.15, 0.2) is 66.7 Å². The summed E-state index contributed by atoms with van der Waals surface area (Å²) in [6.45, 7) is 0.0151. The Kier molecular flexibility index (Phi) is 7.73. The fraction of sp³-hybridized carbons (Fsp3) is 0.154. The van der Waals surface area contributed by atoms with Crippen molar-refractivity contribution in [2.45, 2.75) is 18.4 Å². The van der Waals surface area contributed by atoms with Gasteiger partial charge >= 0.3 is 12.4 Å². The van der Waals surface area contributed by atoms with Gasteiger partial charge in [0.25, 0.3) is 5.91 Å². The summed E-state index contributed by atoms with van der Waals surface area (Å²) in [5.74, 6) is 0.689. The van der Waals surface area contributed by atoms with Crippen LogP contribution in [0.4, 0.5) is 26.3 Å². The molecule has 0 saturated heterocycles. The molecule has 3 rings (SSSR count). The molecule has 0 bridgehead atoms. The summed E-state index contributed by atoms with van der Waals surface area (Å²) in [6.07, 6.45) is -2.65. The highest BCUT2D eigenvalue weighted by Crippen LogP contribution is 2.36. The molecule has 3 aromatic carbocycles. The smallest absolute Gasteiger partial charge is 0.341 e. The van der Waals surface area contributed by atoms with Gasteiger partial charge in [-0.25, -0.2) is 0 Å². The van der Waals surface area contributed by atoms with Crippen LogP contribution in [0, 0.1) is 12.3 Å². The minimum atomic E-state index is -5.05. The molecular formula is C26H18F6N2O2. The Hall–Kier alpha value is -4.26. The third-order valence-electron chi connectivity index (χ3n) is 5.13. The van der Waals surface area contributed by atoms with Crippen LogP contribution in [0.3, 0.4) is 0 Å². The largest absolute Gasteiger partial charge is 0.416 e. The van der Waals surface area contributed by atoms with E-state index in [2.05, 4.69) is 11.2 Å². The first-order chi connectivity index (χ1) is 16.9. The van der Waals surface area contributed by atoms with Crippen molar-refractivity contribution < 1.29 is 35.9 Å². The van der Waals surface area contributed by atoms with Crippen molar-refractivity contribution >= 4 is 28.7 Å². The second kappa shape index (κ2) is 10.6. The average Bonchev–Trinajstić information content (AvgIpc) is 2.83. The lowest BCUT2D eigenvalue weighted by atomic mass is 9.98. The van der Waals surface area contributed by atoms with Gasteiger partial charge in [-0.15, -0.1) is 6.42 Å². The summed E-state index contributed by atoms with van der Waals surface area (Å²) in [7, 11) is 0. The second-order valence-corrected chi connectivity index (χ2v) is 7.57. The summed E-state index contributed by atoms with van der Waals surface area (Å²) in [6, 6.07) is 9.69. The maximum Gasteiger partial charge on any atom is 0.416 e. The van der Waals surface area contributed by atoms with Gasteiger partial charge in [-0.1, -0.05) is 48.4 Å². The number of hydrogen-bond donors (Lipinski definition) is 2. The summed E-state index contributed by atoms with van der Waals surface area (Å²) < 4.78 is 79.7. The lowest BCUT2D eigenvalue weighted by molar-refractivity contribution is -0.162. The number of carbonyl (C=O) groups is 2. The third-order valence-corrected chi connectivity index (χ3v) is 5.13. The molecule has 2 amide bonds. The Bertz CT molecular complexity index is 1350. The number of rotatable bonds is 6. The van der Waals surface area contributed by atoms with Crippen LogP contribution in [-0.2, 0) is 11.0 Å². The number of terminal acetylenes is 1. The topological polar surface area (TPSA) is 58.2 Å². The van der Waals surface area contributed by atoms with Crippen LogP contribution in [-0.4, -0.2) is 24.5 Å². The van der Waals surface area contributed by atoms with Gasteiger partial charge in [0.2, 0.25) is 5.91 Å². The number of amides is 2. The normalized spacial score (nSPS) is 12.8. The molecule has 1 unspecified atom stereocenters. The summed E-state index contributed by atoms with van der Waals surface area (Å²) in [5.41, 5.74) is -1.29. The highest BCUT2D eigenvalue weighted by molar-refractivity contribution is 6.09. The molecule has 0 aromatic heterocycles. The Labute approximate surface area is 202 Å². The number of benzene rings is 3. The molecular weight excluding hydrogens is 486 g/mol. The van der Waals surface area contributed by atoms with E-state index in [-0.39, 0.29) is 6.54 Å². The molecule has 2 N–H and O–H groups in total. The first-order valence-electron chi connectivity index (χ1n) is 10.4. The number of carbonyl (C=O) groups excluding carboxylic acids is 2. The molecule has 36 heavy (non-hydrogen) atoms. The van der Waals surface area contributed by atoms with Crippen LogP contribution < -0.4 is 10.6 Å². The van der Waals surface area contributed by atoms with Crippen LogP contribution in [0.1, 0.15) is 33.1 Å². The van der Waals surface area contributed by atoms with Crippen molar-refractivity contribution in [2.75, 3.05) is 6.54 Å². The number of hydrogen-bond acceptors (Lipinski definition) is 2. The fourth-order valence-electron chi connectivity index (χ4n) is 3.50. The van der Waals surface area contributed by atoms with Gasteiger partial charge in [0, 0.05) is 11.6 Å². The van der Waals surface area contributed by atoms with Crippen LogP contribution >= 0.6 is 0 Å². The van der Waals surface area contributed by atoms with Gasteiger partial charge < -0.3 is 10.6 Å². The Balaban J connectivity index is 1.88. The van der Waals surface area contributed by atoms with Gasteiger partial charge in [0.1, 0.15) is 0 Å². The summed E-state index contributed by atoms with van der Waals surface area (Å²) >= 11 is 0. The van der Waals surface area contributed by atoms with Crippen molar-refractivity contribution in [3.63, 3.8) is 0 Å². The maximum atomic E-state index is 13.6. The van der Waals surface area contributed by atoms with Crippen molar-refractivity contribution in [1.82, 2.24) is 10.6 Å². The zero-order chi connectivity index (χ0) is 26.5. The van der Waals surface area contributed by atoms with Gasteiger partial charge in [0.15, 0.2) is 6.04 Å². The Morgan fingerprint density at radius 2 is 1.64 bits per heavy atom. The van der Waals surface area contributed by atoms with Gasteiger partial charge in [-0.2, -0.15) is 26.3 Å². The van der Waals surface area contributed by atoms with Crippen LogP contribution in [0.25, 0.3) is 16.8 Å². The van der Waals surface area contributed by atoms with Crippen molar-refractivity contribution in [3.8, 4) is 12.3 Å². The zero-order valence-electron chi connectivity index (χ0n) is 18.4. The molecule has 186 valence electrons. The van der Waals surface area contributed by atoms with Crippen molar-refractivity contribution in [1.29, 1.82) is 0 Å². The maximum absolute atomic E-state index is 13.6. The lowest BCUT2D eigenvalue weighted by Crippen LogP contribution is -2.37. The van der Waals surface area contributed by atoms with Crippen LogP contribution in [0.2, 0.25) is 0 Å². The fourth-order valence-corrected chi connectivity index (χ4v) is 3.50. The van der Waals surface area contributed by atoms with E-state index in [0.29, 0.717) is 34.0 Å². The molecule has 10 heteroatoms. The molecule has 4 nitrogen and oxygen atoms in total. The molecule has 0 heterocycles. The number of fused-ring (bicyclic) bond motifs is 1. The van der Waals surface area contributed by atoms with E-state index >= 15 is 0 Å². The lowest BCUT2D eigenvalue weighted by Gasteiger charge is -2.22. The van der Waals surface area contributed by atoms with E-state index in [1.165, 1.54) is 18.2 Å². The minimum Gasteiger partial charge on any atom is -0.341 e. The van der Waals surface area contributed by atoms with Crippen molar-refractivity contribution in [2.24, 2.45) is 0 Å². The molecule has 0 aliphatic rings. The van der Waals surface area contributed by atoms with Gasteiger partial charge in [0.05, 0.1) is 12.1 Å². The molecule has 0 aliphatic carbocycles. The predicted octanol–water partition coefficient (Wildman–Crippen LogP) is 5.65.